The lowest BCUT2D eigenvalue weighted by molar-refractivity contribution is 0.737. The van der Waals surface area contributed by atoms with E-state index >= 15 is 0 Å². The molecule has 72 valence electrons. The first-order valence-corrected chi connectivity index (χ1v) is 4.29. The summed E-state index contributed by atoms with van der Waals surface area (Å²) in [5.41, 5.74) is 1.59. The third kappa shape index (κ3) is 3.19. The van der Waals surface area contributed by atoms with E-state index in [1.54, 1.807) is 12.5 Å². The maximum absolute atomic E-state index is 3.91. The van der Waals surface area contributed by atoms with Gasteiger partial charge in [0.1, 0.15) is 11.8 Å². The molecule has 4 heteroatoms. The highest BCUT2D eigenvalue weighted by atomic mass is 15.0. The van der Waals surface area contributed by atoms with Gasteiger partial charge in [0.2, 0.25) is 0 Å². The van der Waals surface area contributed by atoms with Crippen LogP contribution in [0.5, 0.6) is 0 Å². The number of hydrogen-bond donors (Lipinski definition) is 1. The van der Waals surface area contributed by atoms with Gasteiger partial charge in [0, 0.05) is 1.43 Å². The second kappa shape index (κ2) is 4.54. The maximum Gasteiger partial charge on any atom is 0.180 e. The zero-order valence-electron chi connectivity index (χ0n) is 8.15. The highest BCUT2D eigenvalue weighted by Crippen LogP contribution is 1.99. The number of hydrogen-bond acceptors (Lipinski definition) is 3. The van der Waals surface area contributed by atoms with Crippen molar-refractivity contribution < 1.29 is 1.43 Å². The minimum atomic E-state index is 0. The predicted octanol–water partition coefficient (Wildman–Crippen LogP) is 2.26. The molecule has 4 nitrogen and oxygen atoms in total. The largest absolute Gasteiger partial charge is 0.342 e. The Labute approximate surface area is 78.9 Å². The van der Waals surface area contributed by atoms with Crippen molar-refractivity contribution in [1.29, 1.82) is 0 Å². The van der Waals surface area contributed by atoms with E-state index < -0.39 is 0 Å². The minimum Gasteiger partial charge on any atom is -0.342 e. The van der Waals surface area contributed by atoms with Crippen molar-refractivity contribution in [2.45, 2.75) is 20.8 Å². The van der Waals surface area contributed by atoms with Gasteiger partial charge in [0.25, 0.3) is 0 Å². The van der Waals surface area contributed by atoms with E-state index in [1.807, 2.05) is 0 Å². The second-order valence-corrected chi connectivity index (χ2v) is 3.39. The summed E-state index contributed by atoms with van der Waals surface area (Å²) >= 11 is 0. The predicted molar refractivity (Wildman–Crippen MR) is 54.3 cm³/mol. The summed E-state index contributed by atoms with van der Waals surface area (Å²) in [6, 6.07) is 0. The van der Waals surface area contributed by atoms with E-state index in [1.165, 1.54) is 6.33 Å². The molecule has 2 heterocycles. The molecule has 0 fully saturated rings. The summed E-state index contributed by atoms with van der Waals surface area (Å²) in [6.45, 7) is 6.50. The molecule has 0 aliphatic heterocycles. The van der Waals surface area contributed by atoms with Crippen LogP contribution < -0.4 is 0 Å². The zero-order valence-corrected chi connectivity index (χ0v) is 8.15. The molecule has 0 bridgehead atoms. The van der Waals surface area contributed by atoms with Gasteiger partial charge in [-0.05, 0) is 5.92 Å². The molecule has 0 saturated carbocycles. The first-order chi connectivity index (χ1) is 6.20. The molecule has 0 atom stereocenters. The summed E-state index contributed by atoms with van der Waals surface area (Å²) in [6.07, 6.45) is 4.76. The molecule has 0 amide bonds. The lowest BCUT2D eigenvalue weighted by Crippen LogP contribution is -1.76. The van der Waals surface area contributed by atoms with Crippen molar-refractivity contribution >= 4 is 11.2 Å². The van der Waals surface area contributed by atoms with Gasteiger partial charge in [-0.15, -0.1) is 0 Å². The molecule has 0 saturated heterocycles. The number of nitrogens with one attached hydrogen (secondary N) is 1. The third-order valence-corrected chi connectivity index (χ3v) is 1.10. The topological polar surface area (TPSA) is 54.5 Å². The van der Waals surface area contributed by atoms with Crippen molar-refractivity contribution in [2.75, 3.05) is 0 Å². The van der Waals surface area contributed by atoms with Crippen LogP contribution in [0.25, 0.3) is 11.2 Å². The number of aromatic nitrogens is 4. The average Bonchev–Trinajstić information content (AvgIpc) is 2.49. The van der Waals surface area contributed by atoms with Crippen molar-refractivity contribution in [2.24, 2.45) is 5.92 Å². The van der Waals surface area contributed by atoms with E-state index in [4.69, 9.17) is 0 Å². The SMILES string of the molecule is CC(C)C.[HH].c1ncc2[nH]cnc2n1. The van der Waals surface area contributed by atoms with E-state index in [9.17, 15) is 0 Å². The van der Waals surface area contributed by atoms with Crippen LogP contribution in [0.15, 0.2) is 18.9 Å². The van der Waals surface area contributed by atoms with Crippen LogP contribution in [-0.4, -0.2) is 19.9 Å². The van der Waals surface area contributed by atoms with Crippen LogP contribution in [-0.2, 0) is 0 Å². The van der Waals surface area contributed by atoms with Crippen LogP contribution in [0.1, 0.15) is 22.2 Å². The summed E-state index contributed by atoms with van der Waals surface area (Å²) in [5, 5.41) is 0. The van der Waals surface area contributed by atoms with E-state index in [-0.39, 0.29) is 1.43 Å². The Balaban J connectivity index is 0.000000299. The Morgan fingerprint density at radius 2 is 2.00 bits per heavy atom. The molecule has 0 aliphatic rings. The Hall–Kier alpha value is -1.45. The van der Waals surface area contributed by atoms with E-state index in [0.717, 1.165) is 11.4 Å². The number of rotatable bonds is 0. The van der Waals surface area contributed by atoms with Gasteiger partial charge < -0.3 is 4.98 Å². The lowest BCUT2D eigenvalue weighted by Gasteiger charge is -1.80. The van der Waals surface area contributed by atoms with E-state index in [0.29, 0.717) is 5.65 Å². The molecule has 2 aromatic rings. The van der Waals surface area contributed by atoms with E-state index in [2.05, 4.69) is 40.7 Å². The number of nitrogens with zero attached hydrogens (tertiary/aromatic N) is 3. The molecule has 0 aliphatic carbocycles. The van der Waals surface area contributed by atoms with Crippen molar-refractivity contribution in [3.8, 4) is 0 Å². The van der Waals surface area contributed by atoms with Crippen molar-refractivity contribution in [3.63, 3.8) is 0 Å². The number of H-pyrrole nitrogens is 1. The highest BCUT2D eigenvalue weighted by molar-refractivity contribution is 5.67. The normalized spacial score (nSPS) is 9.85. The molecular weight excluding hydrogens is 164 g/mol. The van der Waals surface area contributed by atoms with Crippen LogP contribution >= 0.6 is 0 Å². The van der Waals surface area contributed by atoms with Gasteiger partial charge in [-0.3, -0.25) is 0 Å². The monoisotopic (exact) mass is 180 g/mol. The first-order valence-electron chi connectivity index (χ1n) is 4.29. The molecule has 0 spiro atoms. The molecule has 13 heavy (non-hydrogen) atoms. The van der Waals surface area contributed by atoms with Crippen LogP contribution in [0.2, 0.25) is 0 Å². The van der Waals surface area contributed by atoms with Crippen molar-refractivity contribution in [3.05, 3.63) is 18.9 Å². The van der Waals surface area contributed by atoms with Crippen LogP contribution in [0.4, 0.5) is 0 Å². The van der Waals surface area contributed by atoms with Gasteiger partial charge in [-0.25, -0.2) is 15.0 Å². The Morgan fingerprint density at radius 1 is 1.31 bits per heavy atom. The van der Waals surface area contributed by atoms with Gasteiger partial charge in [-0.1, -0.05) is 20.8 Å². The molecule has 0 aromatic carbocycles. The minimum absolute atomic E-state index is 0. The summed E-state index contributed by atoms with van der Waals surface area (Å²) < 4.78 is 0. The summed E-state index contributed by atoms with van der Waals surface area (Å²) in [7, 11) is 0. The van der Waals surface area contributed by atoms with Gasteiger partial charge in [0.15, 0.2) is 5.65 Å². The standard InChI is InChI=1S/C5H4N4.C4H10.H2/c1-4-5(8-2-6-1)9-3-7-4;1-4(2)3;/h1-3H,(H,6,7,8,9);4H,1-3H3;1H. The fourth-order valence-corrected chi connectivity index (χ4v) is 0.691. The zero-order chi connectivity index (χ0) is 9.68. The molecule has 0 radical (unpaired) electrons. The molecule has 2 rings (SSSR count). The van der Waals surface area contributed by atoms with Crippen molar-refractivity contribution in [1.82, 2.24) is 19.9 Å². The molecule has 2 aromatic heterocycles. The Bertz CT molecular complexity index is 325. The Morgan fingerprint density at radius 3 is 2.62 bits per heavy atom. The molecular formula is C9H16N4. The quantitative estimate of drug-likeness (QED) is 0.676. The molecule has 0 unspecified atom stereocenters. The Kier molecular flexibility index (Phi) is 3.37. The maximum atomic E-state index is 3.91. The number of fused-ring (bicyclic) bond motifs is 1. The van der Waals surface area contributed by atoms with Gasteiger partial charge in [-0.2, -0.15) is 0 Å². The lowest BCUT2D eigenvalue weighted by atomic mass is 10.3. The van der Waals surface area contributed by atoms with Crippen LogP contribution in [0.3, 0.4) is 0 Å². The average molecular weight is 180 g/mol. The first kappa shape index (κ1) is 9.64. The van der Waals surface area contributed by atoms with Gasteiger partial charge >= 0.3 is 0 Å². The third-order valence-electron chi connectivity index (χ3n) is 1.10. The number of imidazole rings is 1. The number of aromatic amines is 1. The van der Waals surface area contributed by atoms with Crippen LogP contribution in [0, 0.1) is 5.92 Å². The highest BCUT2D eigenvalue weighted by Gasteiger charge is 1.91. The van der Waals surface area contributed by atoms with Gasteiger partial charge in [0.05, 0.1) is 12.5 Å². The summed E-state index contributed by atoms with van der Waals surface area (Å²) in [5.74, 6) is 0.833. The fourth-order valence-electron chi connectivity index (χ4n) is 0.691. The second-order valence-electron chi connectivity index (χ2n) is 3.39. The summed E-state index contributed by atoms with van der Waals surface area (Å²) in [4.78, 5) is 14.5. The molecule has 1 N–H and O–H groups in total. The smallest absolute Gasteiger partial charge is 0.180 e. The fraction of sp³-hybridized carbons (Fsp3) is 0.444.